The quantitative estimate of drug-likeness (QED) is 0.710. The van der Waals surface area contributed by atoms with Crippen molar-refractivity contribution in [3.63, 3.8) is 0 Å². The lowest BCUT2D eigenvalue weighted by Crippen LogP contribution is -2.45. The fourth-order valence-corrected chi connectivity index (χ4v) is 3.95. The van der Waals surface area contributed by atoms with Crippen LogP contribution in [0.15, 0.2) is 59.6 Å². The second-order valence-corrected chi connectivity index (χ2v) is 6.54. The third kappa shape index (κ3) is 2.02. The fraction of sp³-hybridized carbons (Fsp3) is 0.300. The highest BCUT2D eigenvalue weighted by Gasteiger charge is 2.59. The van der Waals surface area contributed by atoms with Gasteiger partial charge in [-0.3, -0.25) is 4.79 Å². The SMILES string of the molecule is CCOC(=O)N1C(=O)C2(C=CCC3=C2OC2=C(CCO2)O3)c2ccccc21. The molecule has 1 aromatic rings. The Kier molecular flexibility index (Phi) is 3.34. The Hall–Kier alpha value is -3.22. The number of ether oxygens (including phenoxy) is 4. The van der Waals surface area contributed by atoms with Crippen LogP contribution in [0.25, 0.3) is 0 Å². The number of carbonyl (C=O) groups is 2. The summed E-state index contributed by atoms with van der Waals surface area (Å²) >= 11 is 0. The normalized spacial score (nSPS) is 24.9. The third-order valence-electron chi connectivity index (χ3n) is 5.07. The largest absolute Gasteiger partial charge is 0.462 e. The minimum atomic E-state index is -1.28. The van der Waals surface area contributed by atoms with E-state index in [4.69, 9.17) is 18.9 Å². The molecular weight excluding hydrogens is 350 g/mol. The highest BCUT2D eigenvalue weighted by atomic mass is 16.7. The van der Waals surface area contributed by atoms with E-state index in [2.05, 4.69) is 0 Å². The molecule has 27 heavy (non-hydrogen) atoms. The Morgan fingerprint density at radius 3 is 2.96 bits per heavy atom. The number of hydrogen-bond donors (Lipinski definition) is 0. The molecule has 1 atom stereocenters. The lowest BCUT2D eigenvalue weighted by atomic mass is 9.76. The van der Waals surface area contributed by atoms with E-state index in [1.807, 2.05) is 18.2 Å². The molecule has 1 aliphatic carbocycles. The summed E-state index contributed by atoms with van der Waals surface area (Å²) < 4.78 is 22.6. The van der Waals surface area contributed by atoms with Crippen molar-refractivity contribution in [2.45, 2.75) is 25.2 Å². The van der Waals surface area contributed by atoms with Gasteiger partial charge in [0.05, 0.1) is 18.9 Å². The van der Waals surface area contributed by atoms with Gasteiger partial charge in [0.25, 0.3) is 5.91 Å². The van der Waals surface area contributed by atoms with E-state index in [-0.39, 0.29) is 6.61 Å². The van der Waals surface area contributed by atoms with Crippen LogP contribution in [-0.2, 0) is 29.2 Å². The lowest BCUT2D eigenvalue weighted by molar-refractivity contribution is -0.121. The number of para-hydroxylation sites is 1. The number of allylic oxidation sites excluding steroid dienone is 1. The maximum absolute atomic E-state index is 13.5. The van der Waals surface area contributed by atoms with Crippen molar-refractivity contribution in [2.24, 2.45) is 0 Å². The van der Waals surface area contributed by atoms with Crippen LogP contribution in [0.4, 0.5) is 10.5 Å². The van der Waals surface area contributed by atoms with Gasteiger partial charge >= 0.3 is 12.0 Å². The molecule has 0 saturated carbocycles. The molecule has 0 radical (unpaired) electrons. The van der Waals surface area contributed by atoms with Crippen LogP contribution in [0.1, 0.15) is 25.3 Å². The van der Waals surface area contributed by atoms with Gasteiger partial charge in [-0.25, -0.2) is 9.69 Å². The fourth-order valence-electron chi connectivity index (χ4n) is 3.95. The molecule has 4 aliphatic rings. The van der Waals surface area contributed by atoms with Crippen LogP contribution in [0, 0.1) is 0 Å². The predicted molar refractivity (Wildman–Crippen MR) is 93.2 cm³/mol. The summed E-state index contributed by atoms with van der Waals surface area (Å²) in [6.45, 7) is 2.35. The summed E-state index contributed by atoms with van der Waals surface area (Å²) in [7, 11) is 0. The second kappa shape index (κ2) is 5.64. The minimum absolute atomic E-state index is 0.172. The number of hydrogen-bond acceptors (Lipinski definition) is 6. The van der Waals surface area contributed by atoms with Crippen LogP contribution in [-0.4, -0.2) is 25.2 Å². The predicted octanol–water partition coefficient (Wildman–Crippen LogP) is 3.24. The first-order valence-electron chi connectivity index (χ1n) is 8.90. The highest BCUT2D eigenvalue weighted by Crippen LogP contribution is 2.53. The molecule has 5 rings (SSSR count). The first-order valence-corrected chi connectivity index (χ1v) is 8.90. The average molecular weight is 367 g/mol. The summed E-state index contributed by atoms with van der Waals surface area (Å²) in [5, 5.41) is 0. The van der Waals surface area contributed by atoms with Crippen LogP contribution >= 0.6 is 0 Å². The summed E-state index contributed by atoms with van der Waals surface area (Å²) in [4.78, 5) is 27.1. The Bertz CT molecular complexity index is 959. The van der Waals surface area contributed by atoms with Gasteiger partial charge in [-0.05, 0) is 13.0 Å². The van der Waals surface area contributed by atoms with Crippen molar-refractivity contribution in [3.8, 4) is 0 Å². The molecule has 2 amide bonds. The number of nitrogens with zero attached hydrogens (tertiary/aromatic N) is 1. The van der Waals surface area contributed by atoms with Crippen LogP contribution in [0.2, 0.25) is 0 Å². The Balaban J connectivity index is 1.67. The summed E-state index contributed by atoms with van der Waals surface area (Å²) in [5.74, 6) is 1.41. The molecule has 3 aliphatic heterocycles. The zero-order valence-corrected chi connectivity index (χ0v) is 14.7. The molecule has 7 nitrogen and oxygen atoms in total. The van der Waals surface area contributed by atoms with Crippen molar-refractivity contribution in [3.05, 3.63) is 65.2 Å². The number of amides is 2. The summed E-state index contributed by atoms with van der Waals surface area (Å²) in [6, 6.07) is 7.14. The van der Waals surface area contributed by atoms with Gasteiger partial charge in [-0.2, -0.15) is 0 Å². The molecule has 138 valence electrons. The number of carbonyl (C=O) groups excluding carboxylic acids is 2. The van der Waals surface area contributed by atoms with Crippen molar-refractivity contribution < 1.29 is 28.5 Å². The molecule has 0 N–H and O–H groups in total. The van der Waals surface area contributed by atoms with E-state index in [0.717, 1.165) is 4.90 Å². The number of benzene rings is 1. The molecule has 1 spiro atoms. The molecular formula is C20H17NO6. The van der Waals surface area contributed by atoms with E-state index in [0.29, 0.717) is 53.9 Å². The second-order valence-electron chi connectivity index (χ2n) is 6.54. The van der Waals surface area contributed by atoms with E-state index >= 15 is 0 Å². The molecule has 1 unspecified atom stereocenters. The molecule has 0 bridgehead atoms. The van der Waals surface area contributed by atoms with Gasteiger partial charge in [-0.1, -0.05) is 30.4 Å². The zero-order chi connectivity index (χ0) is 18.6. The maximum atomic E-state index is 13.5. The van der Waals surface area contributed by atoms with Gasteiger partial charge in [-0.15, -0.1) is 0 Å². The van der Waals surface area contributed by atoms with Crippen LogP contribution < -0.4 is 4.90 Å². The van der Waals surface area contributed by atoms with E-state index in [1.54, 1.807) is 25.1 Å². The Morgan fingerprint density at radius 1 is 1.26 bits per heavy atom. The first-order chi connectivity index (χ1) is 13.2. The standard InChI is InChI=1S/C20H17NO6/c1-2-24-19(23)21-13-7-4-3-6-12(13)20(18(21)22)10-5-8-14-16(20)27-17-15(26-14)9-11-25-17/h3-7,10H,2,8-9,11H2,1H3. The lowest BCUT2D eigenvalue weighted by Gasteiger charge is -2.34. The molecule has 0 aromatic heterocycles. The van der Waals surface area contributed by atoms with Gasteiger partial charge in [0, 0.05) is 18.4 Å². The number of fused-ring (bicyclic) bond motifs is 3. The van der Waals surface area contributed by atoms with Gasteiger partial charge in [0.1, 0.15) is 5.76 Å². The number of imide groups is 1. The number of rotatable bonds is 1. The van der Waals surface area contributed by atoms with E-state index in [9.17, 15) is 9.59 Å². The van der Waals surface area contributed by atoms with Crippen LogP contribution in [0.5, 0.6) is 0 Å². The molecule has 3 heterocycles. The topological polar surface area (TPSA) is 74.3 Å². The van der Waals surface area contributed by atoms with Crippen molar-refractivity contribution in [1.82, 2.24) is 0 Å². The van der Waals surface area contributed by atoms with Gasteiger partial charge < -0.3 is 18.9 Å². The monoisotopic (exact) mass is 367 g/mol. The minimum Gasteiger partial charge on any atom is -0.462 e. The average Bonchev–Trinajstić information content (AvgIpc) is 3.22. The highest BCUT2D eigenvalue weighted by molar-refractivity contribution is 6.23. The van der Waals surface area contributed by atoms with Crippen LogP contribution in [0.3, 0.4) is 0 Å². The third-order valence-corrected chi connectivity index (χ3v) is 5.07. The summed E-state index contributed by atoms with van der Waals surface area (Å²) in [6.07, 6.45) is 4.07. The Labute approximate surface area is 155 Å². The first kappa shape index (κ1) is 16.0. The van der Waals surface area contributed by atoms with E-state index < -0.39 is 17.4 Å². The van der Waals surface area contributed by atoms with Crippen molar-refractivity contribution in [1.29, 1.82) is 0 Å². The molecule has 0 fully saturated rings. The number of anilines is 1. The van der Waals surface area contributed by atoms with Gasteiger partial charge in [0.15, 0.2) is 16.9 Å². The Morgan fingerprint density at radius 2 is 2.11 bits per heavy atom. The smallest absolute Gasteiger partial charge is 0.421 e. The van der Waals surface area contributed by atoms with Crippen molar-refractivity contribution >= 4 is 17.7 Å². The maximum Gasteiger partial charge on any atom is 0.421 e. The zero-order valence-electron chi connectivity index (χ0n) is 14.7. The van der Waals surface area contributed by atoms with E-state index in [1.165, 1.54) is 0 Å². The molecule has 1 aromatic carbocycles. The molecule has 0 saturated heterocycles. The molecule has 7 heteroatoms. The van der Waals surface area contributed by atoms with Crippen molar-refractivity contribution in [2.75, 3.05) is 18.1 Å². The summed E-state index contributed by atoms with van der Waals surface area (Å²) in [5.41, 5.74) is -0.145. The van der Waals surface area contributed by atoms with Gasteiger partial charge in [0.2, 0.25) is 0 Å².